The molecule has 0 saturated carbocycles. The highest BCUT2D eigenvalue weighted by atomic mass is 19.4. The fourth-order valence-electron chi connectivity index (χ4n) is 3.10. The van der Waals surface area contributed by atoms with Crippen molar-refractivity contribution in [2.24, 2.45) is 0 Å². The standard InChI is InChI=1S/C17H23F3N2O2/c1-3-14(4-2)21-8-10-22(11-9-21)16(23)13-6-5-7-15(12-13)24-17(18,19)20/h5-7,12,14H,3-4,8-11H2,1-2H3. The third-order valence-corrected chi connectivity index (χ3v) is 4.37. The molecule has 1 heterocycles. The highest BCUT2D eigenvalue weighted by molar-refractivity contribution is 5.94. The topological polar surface area (TPSA) is 32.8 Å². The van der Waals surface area contributed by atoms with Gasteiger partial charge in [-0.3, -0.25) is 9.69 Å². The van der Waals surface area contributed by atoms with Crippen LogP contribution in [-0.4, -0.2) is 54.3 Å². The number of amides is 1. The van der Waals surface area contributed by atoms with Gasteiger partial charge < -0.3 is 9.64 Å². The Morgan fingerprint density at radius 3 is 2.33 bits per heavy atom. The average Bonchev–Trinajstić information content (AvgIpc) is 2.55. The zero-order valence-corrected chi connectivity index (χ0v) is 14.0. The molecule has 0 aliphatic carbocycles. The summed E-state index contributed by atoms with van der Waals surface area (Å²) in [5.74, 6) is -0.629. The van der Waals surface area contributed by atoms with Crippen molar-refractivity contribution in [2.45, 2.75) is 39.1 Å². The Kier molecular flexibility index (Phi) is 6.10. The van der Waals surface area contributed by atoms with Crippen molar-refractivity contribution in [2.75, 3.05) is 26.2 Å². The van der Waals surface area contributed by atoms with Crippen molar-refractivity contribution in [1.82, 2.24) is 9.80 Å². The zero-order valence-electron chi connectivity index (χ0n) is 14.0. The molecule has 134 valence electrons. The summed E-state index contributed by atoms with van der Waals surface area (Å²) >= 11 is 0. The van der Waals surface area contributed by atoms with Crippen LogP contribution < -0.4 is 4.74 Å². The maximum Gasteiger partial charge on any atom is 0.573 e. The lowest BCUT2D eigenvalue weighted by atomic mass is 10.1. The maximum absolute atomic E-state index is 12.5. The summed E-state index contributed by atoms with van der Waals surface area (Å²) in [4.78, 5) is 16.6. The van der Waals surface area contributed by atoms with Gasteiger partial charge in [-0.15, -0.1) is 13.2 Å². The Hall–Kier alpha value is -1.76. The number of piperazine rings is 1. The molecule has 1 aromatic rings. The van der Waals surface area contributed by atoms with E-state index in [1.165, 1.54) is 18.2 Å². The molecule has 0 unspecified atom stereocenters. The summed E-state index contributed by atoms with van der Waals surface area (Å²) < 4.78 is 40.8. The Morgan fingerprint density at radius 1 is 1.17 bits per heavy atom. The molecule has 24 heavy (non-hydrogen) atoms. The average molecular weight is 344 g/mol. The summed E-state index contributed by atoms with van der Waals surface area (Å²) in [7, 11) is 0. The minimum atomic E-state index is -4.76. The van der Waals surface area contributed by atoms with Gasteiger partial charge in [-0.25, -0.2) is 0 Å². The molecule has 1 aromatic carbocycles. The fraction of sp³-hybridized carbons (Fsp3) is 0.588. The molecule has 0 N–H and O–H groups in total. The lowest BCUT2D eigenvalue weighted by Gasteiger charge is -2.38. The van der Waals surface area contributed by atoms with Crippen LogP contribution in [0.15, 0.2) is 24.3 Å². The van der Waals surface area contributed by atoms with E-state index in [1.807, 2.05) is 0 Å². The van der Waals surface area contributed by atoms with Crippen molar-refractivity contribution in [1.29, 1.82) is 0 Å². The van der Waals surface area contributed by atoms with Crippen molar-refractivity contribution in [3.05, 3.63) is 29.8 Å². The number of carbonyl (C=O) groups excluding carboxylic acids is 1. The molecule has 0 aromatic heterocycles. The van der Waals surface area contributed by atoms with E-state index >= 15 is 0 Å². The predicted molar refractivity (Wildman–Crippen MR) is 85.0 cm³/mol. The van der Waals surface area contributed by atoms with Crippen LogP contribution in [0, 0.1) is 0 Å². The molecular weight excluding hydrogens is 321 g/mol. The molecule has 1 saturated heterocycles. The first-order valence-electron chi connectivity index (χ1n) is 8.23. The molecule has 4 nitrogen and oxygen atoms in total. The van der Waals surface area contributed by atoms with E-state index in [1.54, 1.807) is 4.90 Å². The number of hydrogen-bond donors (Lipinski definition) is 0. The van der Waals surface area contributed by atoms with Crippen LogP contribution in [0.5, 0.6) is 5.75 Å². The maximum atomic E-state index is 12.5. The number of benzene rings is 1. The van der Waals surface area contributed by atoms with Crippen molar-refractivity contribution in [3.8, 4) is 5.75 Å². The fourth-order valence-corrected chi connectivity index (χ4v) is 3.10. The van der Waals surface area contributed by atoms with Gasteiger partial charge in [0.15, 0.2) is 0 Å². The van der Waals surface area contributed by atoms with E-state index in [2.05, 4.69) is 23.5 Å². The normalized spacial score (nSPS) is 16.5. The summed E-state index contributed by atoms with van der Waals surface area (Å²) in [6.07, 6.45) is -2.62. The first kappa shape index (κ1) is 18.6. The van der Waals surface area contributed by atoms with E-state index in [0.29, 0.717) is 19.1 Å². The molecule has 7 heteroatoms. The van der Waals surface area contributed by atoms with Gasteiger partial charge >= 0.3 is 6.36 Å². The molecule has 1 fully saturated rings. The number of rotatable bonds is 5. The van der Waals surface area contributed by atoms with Crippen LogP contribution in [-0.2, 0) is 0 Å². The first-order valence-corrected chi connectivity index (χ1v) is 8.23. The van der Waals surface area contributed by atoms with Gasteiger partial charge in [0.05, 0.1) is 0 Å². The molecule has 1 aliphatic heterocycles. The second kappa shape index (κ2) is 7.88. The highest BCUT2D eigenvalue weighted by Gasteiger charge is 2.31. The second-order valence-electron chi connectivity index (χ2n) is 5.87. The monoisotopic (exact) mass is 344 g/mol. The van der Waals surface area contributed by atoms with Gasteiger partial charge in [0, 0.05) is 37.8 Å². The van der Waals surface area contributed by atoms with Gasteiger partial charge in [0.2, 0.25) is 0 Å². The van der Waals surface area contributed by atoms with E-state index < -0.39 is 6.36 Å². The Balaban J connectivity index is 1.99. The van der Waals surface area contributed by atoms with Crippen LogP contribution in [0.2, 0.25) is 0 Å². The number of hydrogen-bond acceptors (Lipinski definition) is 3. The van der Waals surface area contributed by atoms with Gasteiger partial charge in [-0.1, -0.05) is 19.9 Å². The SMILES string of the molecule is CCC(CC)N1CCN(C(=O)c2cccc(OC(F)(F)F)c2)CC1. The van der Waals surface area contributed by atoms with Gasteiger partial charge in [-0.2, -0.15) is 0 Å². The molecular formula is C17H23F3N2O2. The van der Waals surface area contributed by atoms with Crippen molar-refractivity contribution >= 4 is 5.91 Å². The van der Waals surface area contributed by atoms with Crippen molar-refractivity contribution in [3.63, 3.8) is 0 Å². The van der Waals surface area contributed by atoms with E-state index in [-0.39, 0.29) is 17.2 Å². The molecule has 0 atom stereocenters. The summed E-state index contributed by atoms with van der Waals surface area (Å²) in [5.41, 5.74) is 0.215. The van der Waals surface area contributed by atoms with Gasteiger partial charge in [0.1, 0.15) is 5.75 Å². The van der Waals surface area contributed by atoms with E-state index in [4.69, 9.17) is 0 Å². The van der Waals surface area contributed by atoms with E-state index in [0.717, 1.165) is 32.0 Å². The molecule has 1 amide bonds. The van der Waals surface area contributed by atoms with Crippen LogP contribution >= 0.6 is 0 Å². The minimum absolute atomic E-state index is 0.215. The van der Waals surface area contributed by atoms with Crippen molar-refractivity contribution < 1.29 is 22.7 Å². The predicted octanol–water partition coefficient (Wildman–Crippen LogP) is 3.53. The second-order valence-corrected chi connectivity index (χ2v) is 5.87. The molecule has 0 radical (unpaired) electrons. The number of alkyl halides is 3. The summed E-state index contributed by atoms with van der Waals surface area (Å²) in [6.45, 7) is 7.04. The number of carbonyl (C=O) groups is 1. The minimum Gasteiger partial charge on any atom is -0.406 e. The first-order chi connectivity index (χ1) is 11.3. The molecule has 0 bridgehead atoms. The number of ether oxygens (including phenoxy) is 1. The zero-order chi connectivity index (χ0) is 17.7. The summed E-state index contributed by atoms with van der Waals surface area (Å²) in [5, 5.41) is 0. The van der Waals surface area contributed by atoms with Crippen LogP contribution in [0.3, 0.4) is 0 Å². The molecule has 0 spiro atoms. The van der Waals surface area contributed by atoms with Crippen LogP contribution in [0.4, 0.5) is 13.2 Å². The Bertz CT molecular complexity index is 551. The molecule has 1 aliphatic rings. The van der Waals surface area contributed by atoms with Gasteiger partial charge in [-0.05, 0) is 31.0 Å². The largest absolute Gasteiger partial charge is 0.573 e. The van der Waals surface area contributed by atoms with Crippen LogP contribution in [0.1, 0.15) is 37.0 Å². The van der Waals surface area contributed by atoms with E-state index in [9.17, 15) is 18.0 Å². The smallest absolute Gasteiger partial charge is 0.406 e. The highest BCUT2D eigenvalue weighted by Crippen LogP contribution is 2.24. The lowest BCUT2D eigenvalue weighted by Crippen LogP contribution is -2.51. The third-order valence-electron chi connectivity index (χ3n) is 4.37. The lowest BCUT2D eigenvalue weighted by molar-refractivity contribution is -0.274. The molecule has 2 rings (SSSR count). The Morgan fingerprint density at radius 2 is 1.79 bits per heavy atom. The number of halogens is 3. The number of nitrogens with zero attached hydrogens (tertiary/aromatic N) is 2. The van der Waals surface area contributed by atoms with Gasteiger partial charge in [0.25, 0.3) is 5.91 Å². The quantitative estimate of drug-likeness (QED) is 0.819. The Labute approximate surface area is 140 Å². The van der Waals surface area contributed by atoms with Crippen LogP contribution in [0.25, 0.3) is 0 Å². The third kappa shape index (κ3) is 4.87. The summed E-state index contributed by atoms with van der Waals surface area (Å²) in [6, 6.07) is 5.76.